The van der Waals surface area contributed by atoms with Crippen molar-refractivity contribution in [1.29, 1.82) is 0 Å². The highest BCUT2D eigenvalue weighted by Crippen LogP contribution is 2.24. The van der Waals surface area contributed by atoms with Crippen LogP contribution >= 0.6 is 0 Å². The summed E-state index contributed by atoms with van der Waals surface area (Å²) < 4.78 is 0. The Balaban J connectivity index is 1.55. The Morgan fingerprint density at radius 1 is 1.12 bits per heavy atom. The Bertz CT molecular complexity index is 555. The summed E-state index contributed by atoms with van der Waals surface area (Å²) in [6, 6.07) is 8.63. The van der Waals surface area contributed by atoms with Gasteiger partial charge >= 0.3 is 0 Å². The summed E-state index contributed by atoms with van der Waals surface area (Å²) in [5, 5.41) is 12.6. The fourth-order valence-corrected chi connectivity index (χ4v) is 4.10. The van der Waals surface area contributed by atoms with Crippen LogP contribution in [0.25, 0.3) is 0 Å². The fourth-order valence-electron chi connectivity index (χ4n) is 4.10. The van der Waals surface area contributed by atoms with E-state index in [1.807, 2.05) is 12.1 Å². The number of nitrogens with one attached hydrogen (secondary N) is 1. The predicted molar refractivity (Wildman–Crippen MR) is 102 cm³/mol. The molecule has 1 aromatic rings. The Kier molecular flexibility index (Phi) is 6.32. The van der Waals surface area contributed by atoms with E-state index in [1.54, 1.807) is 0 Å². The Morgan fingerprint density at radius 3 is 2.52 bits per heavy atom. The van der Waals surface area contributed by atoms with E-state index >= 15 is 0 Å². The summed E-state index contributed by atoms with van der Waals surface area (Å²) in [5.74, 6) is -0.00192. The molecule has 2 N–H and O–H groups in total. The maximum atomic E-state index is 12.4. The number of amides is 1. The van der Waals surface area contributed by atoms with Crippen molar-refractivity contribution in [2.75, 3.05) is 36.5 Å². The summed E-state index contributed by atoms with van der Waals surface area (Å²) in [6.45, 7) is 4.87. The van der Waals surface area contributed by atoms with E-state index in [9.17, 15) is 9.90 Å². The first-order valence-corrected chi connectivity index (χ1v) is 9.69. The van der Waals surface area contributed by atoms with Crippen LogP contribution in [0.15, 0.2) is 24.3 Å². The number of carbonyl (C=O) groups is 1. The summed E-state index contributed by atoms with van der Waals surface area (Å²) >= 11 is 0. The van der Waals surface area contributed by atoms with Gasteiger partial charge in [0, 0.05) is 36.5 Å². The molecule has 3 rings (SSSR count). The lowest BCUT2D eigenvalue weighted by Gasteiger charge is -2.39. The zero-order chi connectivity index (χ0) is 17.6. The minimum Gasteiger partial charge on any atom is -0.395 e. The lowest BCUT2D eigenvalue weighted by molar-refractivity contribution is -0.119. The van der Waals surface area contributed by atoms with E-state index in [0.717, 1.165) is 38.0 Å². The Hall–Kier alpha value is -1.59. The average molecular weight is 345 g/mol. The number of carbonyl (C=O) groups excluding carboxylic acids is 1. The number of likely N-dealkylation sites (tertiary alicyclic amines) is 1. The second-order valence-corrected chi connectivity index (χ2v) is 7.43. The average Bonchev–Trinajstić information content (AvgIpc) is 2.65. The maximum Gasteiger partial charge on any atom is 0.238 e. The summed E-state index contributed by atoms with van der Waals surface area (Å²) in [6.07, 6.45) is 7.04. The topological polar surface area (TPSA) is 55.8 Å². The number of anilines is 2. The zero-order valence-corrected chi connectivity index (χ0v) is 15.3. The van der Waals surface area contributed by atoms with Gasteiger partial charge in [-0.2, -0.15) is 0 Å². The molecule has 2 heterocycles. The first-order valence-electron chi connectivity index (χ1n) is 9.69. The van der Waals surface area contributed by atoms with Crippen molar-refractivity contribution in [1.82, 2.24) is 4.90 Å². The molecular formula is C20H31N3O2. The van der Waals surface area contributed by atoms with E-state index < -0.39 is 0 Å². The molecule has 0 aliphatic carbocycles. The highest BCUT2D eigenvalue weighted by molar-refractivity contribution is 5.92. The molecular weight excluding hydrogens is 314 g/mol. The number of aliphatic hydroxyl groups excluding tert-OH is 1. The minimum absolute atomic E-state index is 0.00192. The molecule has 1 amide bonds. The highest BCUT2D eigenvalue weighted by atomic mass is 16.3. The minimum atomic E-state index is -0.00192. The quantitative estimate of drug-likeness (QED) is 0.862. The molecule has 5 heteroatoms. The van der Waals surface area contributed by atoms with Gasteiger partial charge in [0.15, 0.2) is 0 Å². The van der Waals surface area contributed by atoms with E-state index in [1.165, 1.54) is 24.9 Å². The lowest BCUT2D eigenvalue weighted by Crippen LogP contribution is -2.50. The molecule has 2 fully saturated rings. The van der Waals surface area contributed by atoms with Crippen molar-refractivity contribution in [3.05, 3.63) is 24.3 Å². The summed E-state index contributed by atoms with van der Waals surface area (Å²) in [4.78, 5) is 17.0. The molecule has 5 nitrogen and oxygen atoms in total. The van der Waals surface area contributed by atoms with Gasteiger partial charge in [-0.15, -0.1) is 0 Å². The first-order chi connectivity index (χ1) is 12.2. The molecule has 0 radical (unpaired) electrons. The van der Waals surface area contributed by atoms with E-state index in [2.05, 4.69) is 34.2 Å². The normalized spacial score (nSPS) is 25.0. The molecule has 138 valence electrons. The molecule has 0 bridgehead atoms. The van der Waals surface area contributed by atoms with Gasteiger partial charge in [-0.1, -0.05) is 6.42 Å². The van der Waals surface area contributed by atoms with Crippen molar-refractivity contribution < 1.29 is 9.90 Å². The number of nitrogens with zero attached hydrogens (tertiary/aromatic N) is 2. The van der Waals surface area contributed by atoms with Crippen LogP contribution in [0.1, 0.15) is 45.4 Å². The highest BCUT2D eigenvalue weighted by Gasteiger charge is 2.28. The largest absolute Gasteiger partial charge is 0.395 e. The molecule has 1 aromatic carbocycles. The zero-order valence-electron chi connectivity index (χ0n) is 15.3. The van der Waals surface area contributed by atoms with Crippen LogP contribution in [0.2, 0.25) is 0 Å². The smallest absolute Gasteiger partial charge is 0.238 e. The van der Waals surface area contributed by atoms with Crippen LogP contribution in [-0.4, -0.2) is 54.2 Å². The van der Waals surface area contributed by atoms with Crippen molar-refractivity contribution in [2.24, 2.45) is 0 Å². The van der Waals surface area contributed by atoms with Crippen LogP contribution in [-0.2, 0) is 4.79 Å². The van der Waals surface area contributed by atoms with Crippen molar-refractivity contribution in [3.63, 3.8) is 0 Å². The van der Waals surface area contributed by atoms with Gasteiger partial charge in [-0.25, -0.2) is 0 Å². The third kappa shape index (κ3) is 4.73. The van der Waals surface area contributed by atoms with E-state index in [4.69, 9.17) is 0 Å². The van der Waals surface area contributed by atoms with Crippen LogP contribution < -0.4 is 10.2 Å². The molecule has 0 aromatic heterocycles. The molecule has 2 aliphatic heterocycles. The molecule has 2 saturated heterocycles. The van der Waals surface area contributed by atoms with Crippen molar-refractivity contribution >= 4 is 17.3 Å². The second-order valence-electron chi connectivity index (χ2n) is 7.43. The third-order valence-corrected chi connectivity index (χ3v) is 5.60. The standard InChI is InChI=1S/C20H31N3O2/c1-16-6-5-7-19(15-24)23(16)14-20(25)21-17-8-10-18(11-9-17)22-12-3-2-4-13-22/h8-11,16,19,24H,2-7,12-15H2,1H3,(H,21,25). The number of hydrogen-bond donors (Lipinski definition) is 2. The molecule has 25 heavy (non-hydrogen) atoms. The summed E-state index contributed by atoms with van der Waals surface area (Å²) in [7, 11) is 0. The third-order valence-electron chi connectivity index (χ3n) is 5.60. The molecule has 2 aliphatic rings. The van der Waals surface area contributed by atoms with Crippen molar-refractivity contribution in [2.45, 2.75) is 57.5 Å². The molecule has 0 saturated carbocycles. The van der Waals surface area contributed by atoms with E-state index in [0.29, 0.717) is 12.6 Å². The van der Waals surface area contributed by atoms with Crippen molar-refractivity contribution in [3.8, 4) is 0 Å². The molecule has 2 unspecified atom stereocenters. The number of benzene rings is 1. The number of hydrogen-bond acceptors (Lipinski definition) is 4. The van der Waals surface area contributed by atoms with E-state index in [-0.39, 0.29) is 18.6 Å². The van der Waals surface area contributed by atoms with Crippen LogP contribution in [0.4, 0.5) is 11.4 Å². The fraction of sp³-hybridized carbons (Fsp3) is 0.650. The number of piperidine rings is 2. The predicted octanol–water partition coefficient (Wildman–Crippen LogP) is 2.85. The lowest BCUT2D eigenvalue weighted by atomic mass is 9.97. The van der Waals surface area contributed by atoms with Gasteiger partial charge in [0.05, 0.1) is 13.2 Å². The van der Waals surface area contributed by atoms with Gasteiger partial charge in [-0.05, 0) is 63.3 Å². The van der Waals surface area contributed by atoms with Gasteiger partial charge < -0.3 is 15.3 Å². The van der Waals surface area contributed by atoms with Crippen LogP contribution in [0.3, 0.4) is 0 Å². The van der Waals surface area contributed by atoms with Gasteiger partial charge in [0.2, 0.25) is 5.91 Å². The Labute approximate surface area is 151 Å². The summed E-state index contributed by atoms with van der Waals surface area (Å²) in [5.41, 5.74) is 2.08. The Morgan fingerprint density at radius 2 is 1.84 bits per heavy atom. The SMILES string of the molecule is CC1CCCC(CO)N1CC(=O)Nc1ccc(N2CCCCC2)cc1. The first kappa shape index (κ1) is 18.2. The number of aliphatic hydroxyl groups is 1. The van der Waals surface area contributed by atoms with Gasteiger partial charge in [0.25, 0.3) is 0 Å². The van der Waals surface area contributed by atoms with Gasteiger partial charge in [0.1, 0.15) is 0 Å². The molecule has 2 atom stereocenters. The monoisotopic (exact) mass is 345 g/mol. The van der Waals surface area contributed by atoms with Crippen LogP contribution in [0, 0.1) is 0 Å². The van der Waals surface area contributed by atoms with Gasteiger partial charge in [-0.3, -0.25) is 9.69 Å². The maximum absolute atomic E-state index is 12.4. The molecule has 0 spiro atoms. The number of rotatable bonds is 5. The van der Waals surface area contributed by atoms with Crippen LogP contribution in [0.5, 0.6) is 0 Å². The second kappa shape index (κ2) is 8.68.